The molecule has 98 valence electrons. The second kappa shape index (κ2) is 4.97. The lowest BCUT2D eigenvalue weighted by molar-refractivity contribution is -0.141. The number of nitrogens with one attached hydrogen (secondary N) is 1. The summed E-state index contributed by atoms with van der Waals surface area (Å²) in [7, 11) is 0. The van der Waals surface area contributed by atoms with Crippen LogP contribution in [0.3, 0.4) is 0 Å². The van der Waals surface area contributed by atoms with Gasteiger partial charge in [0.15, 0.2) is 0 Å². The summed E-state index contributed by atoms with van der Waals surface area (Å²) >= 11 is 6.17. The Balaban J connectivity index is 2.22. The number of halogens is 1. The van der Waals surface area contributed by atoms with Crippen LogP contribution < -0.4 is 5.32 Å². The van der Waals surface area contributed by atoms with Crippen molar-refractivity contribution in [3.05, 3.63) is 16.4 Å². The molecule has 1 aromatic heterocycles. The van der Waals surface area contributed by atoms with Gasteiger partial charge in [0.1, 0.15) is 0 Å². The van der Waals surface area contributed by atoms with Crippen molar-refractivity contribution in [3.63, 3.8) is 0 Å². The fourth-order valence-electron chi connectivity index (χ4n) is 1.95. The van der Waals surface area contributed by atoms with Crippen molar-refractivity contribution in [3.8, 4) is 0 Å². The Hall–Kier alpha value is -1.56. The van der Waals surface area contributed by atoms with Gasteiger partial charge in [-0.2, -0.15) is 5.10 Å². The van der Waals surface area contributed by atoms with Crippen LogP contribution in [-0.2, 0) is 22.7 Å². The molecule has 1 saturated heterocycles. The van der Waals surface area contributed by atoms with Crippen LogP contribution in [0.2, 0.25) is 5.02 Å². The van der Waals surface area contributed by atoms with Crippen molar-refractivity contribution in [1.29, 1.82) is 0 Å². The number of carbonyl (C=O) groups excluding carboxylic acids is 2. The van der Waals surface area contributed by atoms with Gasteiger partial charge in [0.25, 0.3) is 0 Å². The van der Waals surface area contributed by atoms with E-state index in [1.54, 1.807) is 4.68 Å². The largest absolute Gasteiger partial charge is 0.345 e. The van der Waals surface area contributed by atoms with E-state index in [1.165, 1.54) is 4.90 Å². The topological polar surface area (TPSA) is 67.2 Å². The molecule has 1 aliphatic rings. The van der Waals surface area contributed by atoms with E-state index < -0.39 is 0 Å². The molecule has 1 N–H and O–H groups in total. The molecule has 6 nitrogen and oxygen atoms in total. The zero-order chi connectivity index (χ0) is 13.3. The van der Waals surface area contributed by atoms with Crippen molar-refractivity contribution in [1.82, 2.24) is 20.0 Å². The van der Waals surface area contributed by atoms with Gasteiger partial charge in [0.2, 0.25) is 11.8 Å². The lowest BCUT2D eigenvalue weighted by atomic mass is 10.3. The van der Waals surface area contributed by atoms with Crippen LogP contribution in [0.5, 0.6) is 0 Å². The average molecular weight is 271 g/mol. The van der Waals surface area contributed by atoms with E-state index in [4.69, 9.17) is 11.6 Å². The summed E-state index contributed by atoms with van der Waals surface area (Å²) in [6, 6.07) is 0. The number of hydrogen-bond acceptors (Lipinski definition) is 3. The van der Waals surface area contributed by atoms with Gasteiger partial charge >= 0.3 is 0 Å². The number of hydrogen-bond donors (Lipinski definition) is 1. The van der Waals surface area contributed by atoms with Gasteiger partial charge < -0.3 is 10.2 Å². The maximum Gasteiger partial charge on any atom is 0.242 e. The molecule has 0 radical (unpaired) electrons. The van der Waals surface area contributed by atoms with Crippen LogP contribution in [0, 0.1) is 6.92 Å². The molecule has 0 spiro atoms. The Kier molecular flexibility index (Phi) is 3.56. The summed E-state index contributed by atoms with van der Waals surface area (Å²) in [4.78, 5) is 24.5. The summed E-state index contributed by atoms with van der Waals surface area (Å²) in [5.74, 6) is -0.253. The van der Waals surface area contributed by atoms with Gasteiger partial charge in [0.05, 0.1) is 36.0 Å². The molecule has 2 rings (SSSR count). The summed E-state index contributed by atoms with van der Waals surface area (Å²) in [6.07, 6.45) is 0. The maximum atomic E-state index is 11.7. The van der Waals surface area contributed by atoms with Crippen molar-refractivity contribution in [2.75, 3.05) is 13.1 Å². The SMILES string of the molecule is CCn1nc(C)c(Cl)c1CN1CC(=O)NCC1=O. The number of aryl methyl sites for hydroxylation is 2. The van der Waals surface area contributed by atoms with Crippen LogP contribution in [0.25, 0.3) is 0 Å². The predicted octanol–water partition coefficient (Wildman–Crippen LogP) is 0.323. The lowest BCUT2D eigenvalue weighted by Gasteiger charge is -2.26. The third-order valence-electron chi connectivity index (χ3n) is 2.92. The molecule has 0 aliphatic carbocycles. The van der Waals surface area contributed by atoms with Crippen LogP contribution in [0.15, 0.2) is 0 Å². The second-order valence-electron chi connectivity index (χ2n) is 4.19. The highest BCUT2D eigenvalue weighted by molar-refractivity contribution is 6.31. The summed E-state index contributed by atoms with van der Waals surface area (Å²) in [5.41, 5.74) is 1.52. The van der Waals surface area contributed by atoms with Gasteiger partial charge in [-0.1, -0.05) is 11.6 Å². The van der Waals surface area contributed by atoms with Crippen molar-refractivity contribution < 1.29 is 9.59 Å². The van der Waals surface area contributed by atoms with Crippen LogP contribution >= 0.6 is 11.6 Å². The fraction of sp³-hybridized carbons (Fsp3) is 0.545. The quantitative estimate of drug-likeness (QED) is 0.860. The standard InChI is InChI=1S/C11H15ClN4O2/c1-3-16-8(11(12)7(2)14-16)5-15-6-9(17)13-4-10(15)18/h3-6H2,1-2H3,(H,13,17). The van der Waals surface area contributed by atoms with Gasteiger partial charge in [-0.05, 0) is 13.8 Å². The fourth-order valence-corrected chi connectivity index (χ4v) is 2.14. The van der Waals surface area contributed by atoms with Gasteiger partial charge in [-0.25, -0.2) is 0 Å². The molecule has 0 aromatic carbocycles. The monoisotopic (exact) mass is 270 g/mol. The first-order valence-electron chi connectivity index (χ1n) is 5.79. The first-order valence-corrected chi connectivity index (χ1v) is 6.17. The van der Waals surface area contributed by atoms with E-state index in [2.05, 4.69) is 10.4 Å². The molecule has 0 atom stereocenters. The highest BCUT2D eigenvalue weighted by Crippen LogP contribution is 2.22. The van der Waals surface area contributed by atoms with E-state index >= 15 is 0 Å². The third kappa shape index (κ3) is 2.33. The van der Waals surface area contributed by atoms with Crippen molar-refractivity contribution in [2.24, 2.45) is 0 Å². The number of rotatable bonds is 3. The molecule has 1 aromatic rings. The smallest absolute Gasteiger partial charge is 0.242 e. The second-order valence-corrected chi connectivity index (χ2v) is 4.57. The van der Waals surface area contributed by atoms with Gasteiger partial charge in [0, 0.05) is 6.54 Å². The highest BCUT2D eigenvalue weighted by Gasteiger charge is 2.25. The third-order valence-corrected chi connectivity index (χ3v) is 3.41. The predicted molar refractivity (Wildman–Crippen MR) is 66.1 cm³/mol. The van der Waals surface area contributed by atoms with E-state index in [1.807, 2.05) is 13.8 Å². The van der Waals surface area contributed by atoms with Crippen molar-refractivity contribution >= 4 is 23.4 Å². The van der Waals surface area contributed by atoms with Gasteiger partial charge in [-0.15, -0.1) is 0 Å². The van der Waals surface area contributed by atoms with E-state index in [-0.39, 0.29) is 24.9 Å². The summed E-state index contributed by atoms with van der Waals surface area (Å²) < 4.78 is 1.76. The van der Waals surface area contributed by atoms with Crippen LogP contribution in [0.4, 0.5) is 0 Å². The molecule has 2 heterocycles. The van der Waals surface area contributed by atoms with Crippen molar-refractivity contribution in [2.45, 2.75) is 26.9 Å². The Morgan fingerprint density at radius 2 is 2.17 bits per heavy atom. The Labute approximate surface area is 110 Å². The molecule has 2 amide bonds. The molecular formula is C11H15ClN4O2. The van der Waals surface area contributed by atoms with E-state index in [0.717, 1.165) is 11.4 Å². The first kappa shape index (κ1) is 12.9. The summed E-state index contributed by atoms with van der Waals surface area (Å²) in [6.45, 7) is 4.90. The minimum absolute atomic E-state index is 0.0513. The molecule has 1 aliphatic heterocycles. The minimum atomic E-state index is -0.148. The van der Waals surface area contributed by atoms with Crippen LogP contribution in [0.1, 0.15) is 18.3 Å². The number of carbonyl (C=O) groups is 2. The molecule has 0 bridgehead atoms. The average Bonchev–Trinajstić information content (AvgIpc) is 2.61. The Morgan fingerprint density at radius 1 is 1.44 bits per heavy atom. The number of amides is 2. The van der Waals surface area contributed by atoms with Gasteiger partial charge in [-0.3, -0.25) is 14.3 Å². The molecule has 7 heteroatoms. The minimum Gasteiger partial charge on any atom is -0.345 e. The summed E-state index contributed by atoms with van der Waals surface area (Å²) in [5, 5.41) is 7.36. The van der Waals surface area contributed by atoms with Crippen LogP contribution in [-0.4, -0.2) is 39.6 Å². The molecule has 18 heavy (non-hydrogen) atoms. The Bertz CT molecular complexity index is 497. The number of nitrogens with zero attached hydrogens (tertiary/aromatic N) is 3. The number of aromatic nitrogens is 2. The lowest BCUT2D eigenvalue weighted by Crippen LogP contribution is -2.51. The normalized spacial score (nSPS) is 16.1. The van der Waals surface area contributed by atoms with E-state index in [9.17, 15) is 9.59 Å². The molecule has 1 fully saturated rings. The molecular weight excluding hydrogens is 256 g/mol. The maximum absolute atomic E-state index is 11.7. The first-order chi connectivity index (χ1) is 8.52. The van der Waals surface area contributed by atoms with E-state index in [0.29, 0.717) is 18.1 Å². The molecule has 0 unspecified atom stereocenters. The zero-order valence-electron chi connectivity index (χ0n) is 10.4. The Morgan fingerprint density at radius 3 is 2.83 bits per heavy atom. The molecule has 0 saturated carbocycles. The zero-order valence-corrected chi connectivity index (χ0v) is 11.1. The number of piperazine rings is 1. The highest BCUT2D eigenvalue weighted by atomic mass is 35.5.